The van der Waals surface area contributed by atoms with Gasteiger partial charge in [-0.1, -0.05) is 25.5 Å². The molecule has 0 atom stereocenters. The fourth-order valence-corrected chi connectivity index (χ4v) is 1.84. The summed E-state index contributed by atoms with van der Waals surface area (Å²) in [5.74, 6) is 0.00126. The summed E-state index contributed by atoms with van der Waals surface area (Å²) in [5, 5.41) is 2.92. The molecule has 3 N–H and O–H groups in total. The Balaban J connectivity index is 2.43. The van der Waals surface area contributed by atoms with Gasteiger partial charge in [0.2, 0.25) is 5.91 Å². The van der Waals surface area contributed by atoms with E-state index in [1.165, 1.54) is 0 Å². The average molecular weight is 278 g/mol. The van der Waals surface area contributed by atoms with Crippen LogP contribution in [0.5, 0.6) is 0 Å². The molecular weight excluding hydrogens is 252 g/mol. The minimum absolute atomic E-state index is 0.00126. The molecule has 4 nitrogen and oxygen atoms in total. The molecule has 0 heterocycles. The first-order valence-corrected chi connectivity index (χ1v) is 7.20. The molecule has 0 bridgehead atoms. The third-order valence-electron chi connectivity index (χ3n) is 3.37. The predicted molar refractivity (Wildman–Crippen MR) is 82.6 cm³/mol. The Kier molecular flexibility index (Phi) is 6.52. The first kappa shape index (κ1) is 16.5. The van der Waals surface area contributed by atoms with Gasteiger partial charge < -0.3 is 15.8 Å². The molecule has 0 unspecified atom stereocenters. The Hall–Kier alpha value is -1.55. The van der Waals surface area contributed by atoms with E-state index in [1.54, 1.807) is 0 Å². The maximum absolute atomic E-state index is 12.2. The van der Waals surface area contributed by atoms with Gasteiger partial charge in [0.15, 0.2) is 0 Å². The number of carbonyl (C=O) groups is 1. The third-order valence-corrected chi connectivity index (χ3v) is 3.37. The van der Waals surface area contributed by atoms with Gasteiger partial charge in [-0.25, -0.2) is 0 Å². The number of hydrogen-bond acceptors (Lipinski definition) is 3. The van der Waals surface area contributed by atoms with Gasteiger partial charge in [0.1, 0.15) is 0 Å². The molecule has 0 aliphatic heterocycles. The Morgan fingerprint density at radius 3 is 2.50 bits per heavy atom. The maximum atomic E-state index is 12.2. The summed E-state index contributed by atoms with van der Waals surface area (Å²) < 4.78 is 5.43. The summed E-state index contributed by atoms with van der Waals surface area (Å²) in [6, 6.07) is 7.43. The van der Waals surface area contributed by atoms with Crippen LogP contribution in [0, 0.1) is 0 Å². The van der Waals surface area contributed by atoms with Crippen LogP contribution < -0.4 is 11.1 Å². The van der Waals surface area contributed by atoms with E-state index in [0.29, 0.717) is 18.8 Å². The van der Waals surface area contributed by atoms with Crippen molar-refractivity contribution >= 4 is 11.6 Å². The highest BCUT2D eigenvalue weighted by molar-refractivity contribution is 5.87. The lowest BCUT2D eigenvalue weighted by Crippen LogP contribution is -2.41. The van der Waals surface area contributed by atoms with Gasteiger partial charge in [-0.2, -0.15) is 0 Å². The van der Waals surface area contributed by atoms with E-state index in [1.807, 2.05) is 38.1 Å². The van der Waals surface area contributed by atoms with Crippen LogP contribution in [0.3, 0.4) is 0 Å². The summed E-state index contributed by atoms with van der Waals surface area (Å²) in [5.41, 5.74) is 6.75. The number of nitrogens with two attached hydrogens (primary N) is 1. The van der Waals surface area contributed by atoms with E-state index < -0.39 is 5.41 Å². The molecule has 0 radical (unpaired) electrons. The lowest BCUT2D eigenvalue weighted by molar-refractivity contribution is -0.125. The van der Waals surface area contributed by atoms with Gasteiger partial charge in [-0.15, -0.1) is 0 Å². The highest BCUT2D eigenvalue weighted by Crippen LogP contribution is 2.24. The van der Waals surface area contributed by atoms with Crippen molar-refractivity contribution < 1.29 is 9.53 Å². The van der Waals surface area contributed by atoms with E-state index in [9.17, 15) is 4.79 Å². The Morgan fingerprint density at radius 2 is 1.90 bits per heavy atom. The van der Waals surface area contributed by atoms with Crippen LogP contribution in [0.15, 0.2) is 24.3 Å². The first-order valence-electron chi connectivity index (χ1n) is 7.20. The Morgan fingerprint density at radius 1 is 1.25 bits per heavy atom. The molecule has 4 heteroatoms. The first-order chi connectivity index (χ1) is 9.48. The number of ether oxygens (including phenoxy) is 1. The van der Waals surface area contributed by atoms with Crippen LogP contribution in [-0.4, -0.2) is 25.7 Å². The zero-order valence-corrected chi connectivity index (χ0v) is 12.7. The quantitative estimate of drug-likeness (QED) is 0.567. The van der Waals surface area contributed by atoms with E-state index >= 15 is 0 Å². The van der Waals surface area contributed by atoms with Crippen molar-refractivity contribution in [2.45, 2.75) is 39.0 Å². The maximum Gasteiger partial charge on any atom is 0.230 e. The van der Waals surface area contributed by atoms with Crippen LogP contribution in [0.25, 0.3) is 0 Å². The van der Waals surface area contributed by atoms with Crippen molar-refractivity contribution in [3.63, 3.8) is 0 Å². The number of rotatable bonds is 8. The molecule has 0 aromatic heterocycles. The molecule has 0 aliphatic rings. The Labute approximate surface area is 121 Å². The zero-order chi connectivity index (χ0) is 15.0. The van der Waals surface area contributed by atoms with Gasteiger partial charge in [0.25, 0.3) is 0 Å². The fourth-order valence-electron chi connectivity index (χ4n) is 1.84. The molecule has 1 aromatic rings. The highest BCUT2D eigenvalue weighted by atomic mass is 16.5. The van der Waals surface area contributed by atoms with Crippen molar-refractivity contribution in [3.05, 3.63) is 29.8 Å². The van der Waals surface area contributed by atoms with Gasteiger partial charge in [-0.05, 0) is 38.0 Å². The van der Waals surface area contributed by atoms with E-state index in [4.69, 9.17) is 10.5 Å². The van der Waals surface area contributed by atoms with E-state index in [2.05, 4.69) is 12.2 Å². The minimum Gasteiger partial charge on any atom is -0.399 e. The largest absolute Gasteiger partial charge is 0.399 e. The van der Waals surface area contributed by atoms with Crippen molar-refractivity contribution in [3.8, 4) is 0 Å². The third kappa shape index (κ3) is 4.85. The summed E-state index contributed by atoms with van der Waals surface area (Å²) >= 11 is 0. The Bertz CT molecular complexity index is 413. The number of unbranched alkanes of at least 4 members (excludes halogenated alkanes) is 1. The van der Waals surface area contributed by atoms with Crippen LogP contribution in [0.2, 0.25) is 0 Å². The summed E-state index contributed by atoms with van der Waals surface area (Å²) in [6.45, 7) is 7.80. The molecule has 0 spiro atoms. The molecule has 0 aliphatic carbocycles. The summed E-state index contributed by atoms with van der Waals surface area (Å²) in [4.78, 5) is 12.2. The molecule has 0 saturated heterocycles. The van der Waals surface area contributed by atoms with Crippen LogP contribution >= 0.6 is 0 Å². The molecular formula is C16H26N2O2. The molecule has 0 saturated carbocycles. The van der Waals surface area contributed by atoms with Gasteiger partial charge in [-0.3, -0.25) is 4.79 Å². The smallest absolute Gasteiger partial charge is 0.230 e. The normalized spacial score (nSPS) is 11.3. The van der Waals surface area contributed by atoms with Crippen LogP contribution in [-0.2, 0) is 14.9 Å². The minimum atomic E-state index is -0.572. The van der Waals surface area contributed by atoms with Gasteiger partial charge in [0.05, 0.1) is 12.0 Å². The fraction of sp³-hybridized carbons (Fsp3) is 0.562. The second-order valence-electron chi connectivity index (χ2n) is 5.47. The predicted octanol–water partition coefficient (Wildman–Crippen LogP) is 2.48. The van der Waals surface area contributed by atoms with Crippen molar-refractivity contribution in [1.29, 1.82) is 0 Å². The van der Waals surface area contributed by atoms with Gasteiger partial charge in [0, 0.05) is 18.8 Å². The molecule has 1 rings (SSSR count). The van der Waals surface area contributed by atoms with E-state index in [-0.39, 0.29) is 5.91 Å². The molecule has 112 valence electrons. The summed E-state index contributed by atoms with van der Waals surface area (Å²) in [7, 11) is 0. The zero-order valence-electron chi connectivity index (χ0n) is 12.7. The number of nitrogens with one attached hydrogen (secondary N) is 1. The topological polar surface area (TPSA) is 64.3 Å². The SMILES string of the molecule is CCCCOCCNC(=O)C(C)(C)c1ccc(N)cc1. The molecule has 1 aromatic carbocycles. The lowest BCUT2D eigenvalue weighted by atomic mass is 9.83. The molecule has 0 fully saturated rings. The summed E-state index contributed by atoms with van der Waals surface area (Å²) in [6.07, 6.45) is 2.18. The monoisotopic (exact) mass is 278 g/mol. The number of carbonyl (C=O) groups excluding carboxylic acids is 1. The average Bonchev–Trinajstić information content (AvgIpc) is 2.43. The number of anilines is 1. The van der Waals surface area contributed by atoms with Crippen molar-refractivity contribution in [2.75, 3.05) is 25.5 Å². The van der Waals surface area contributed by atoms with Gasteiger partial charge >= 0.3 is 0 Å². The highest BCUT2D eigenvalue weighted by Gasteiger charge is 2.29. The number of nitrogen functional groups attached to an aromatic ring is 1. The standard InChI is InChI=1S/C16H26N2O2/c1-4-5-11-20-12-10-18-15(19)16(2,3)13-6-8-14(17)9-7-13/h6-9H,4-5,10-12,17H2,1-3H3,(H,18,19). The lowest BCUT2D eigenvalue weighted by Gasteiger charge is -2.24. The van der Waals surface area contributed by atoms with E-state index in [0.717, 1.165) is 25.0 Å². The number of benzene rings is 1. The number of hydrogen-bond donors (Lipinski definition) is 2. The molecule has 1 amide bonds. The second kappa shape index (κ2) is 7.90. The van der Waals surface area contributed by atoms with Crippen molar-refractivity contribution in [2.24, 2.45) is 0 Å². The van der Waals surface area contributed by atoms with Crippen LogP contribution in [0.1, 0.15) is 39.2 Å². The number of amides is 1. The second-order valence-corrected chi connectivity index (χ2v) is 5.47. The van der Waals surface area contributed by atoms with Crippen molar-refractivity contribution in [1.82, 2.24) is 5.32 Å². The molecule has 20 heavy (non-hydrogen) atoms. The van der Waals surface area contributed by atoms with Crippen LogP contribution in [0.4, 0.5) is 5.69 Å².